The quantitative estimate of drug-likeness (QED) is 0.697. The first-order valence-electron chi connectivity index (χ1n) is 6.33. The molecule has 21 heavy (non-hydrogen) atoms. The maximum absolute atomic E-state index is 13.1. The van der Waals surface area contributed by atoms with E-state index in [0.29, 0.717) is 17.2 Å². The second kappa shape index (κ2) is 5.22. The molecule has 3 rings (SSSR count). The Morgan fingerprint density at radius 1 is 1.10 bits per heavy atom. The molecule has 2 N–H and O–H groups in total. The topological polar surface area (TPSA) is 48.1 Å². The molecule has 2 aromatic carbocycles. The van der Waals surface area contributed by atoms with Gasteiger partial charge in [0.2, 0.25) is 0 Å². The molecule has 0 unspecified atom stereocenters. The van der Waals surface area contributed by atoms with Gasteiger partial charge in [0.1, 0.15) is 17.3 Å². The molecule has 0 aliphatic heterocycles. The van der Waals surface area contributed by atoms with Crippen LogP contribution in [0.4, 0.5) is 10.1 Å². The van der Waals surface area contributed by atoms with Crippen molar-refractivity contribution >= 4 is 28.2 Å². The first-order chi connectivity index (χ1) is 10.0. The molecule has 0 spiro atoms. The molecule has 1 aromatic heterocycles. The third-order valence-electron chi connectivity index (χ3n) is 3.04. The fourth-order valence-corrected chi connectivity index (χ4v) is 2.30. The average Bonchev–Trinajstić information content (AvgIpc) is 2.42. The lowest BCUT2D eigenvalue weighted by molar-refractivity contribution is 0.485. The van der Waals surface area contributed by atoms with Gasteiger partial charge in [-0.1, -0.05) is 11.6 Å². The Hall–Kier alpha value is -2.33. The average molecular weight is 303 g/mol. The fourth-order valence-electron chi connectivity index (χ4n) is 2.10. The minimum Gasteiger partial charge on any atom is -0.455 e. The highest BCUT2D eigenvalue weighted by Crippen LogP contribution is 2.34. The Bertz CT molecular complexity index is 836. The second-order valence-electron chi connectivity index (χ2n) is 4.72. The van der Waals surface area contributed by atoms with E-state index in [2.05, 4.69) is 4.98 Å². The van der Waals surface area contributed by atoms with E-state index in [1.165, 1.54) is 18.2 Å². The van der Waals surface area contributed by atoms with Gasteiger partial charge < -0.3 is 10.5 Å². The van der Waals surface area contributed by atoms with Crippen LogP contribution in [0, 0.1) is 12.7 Å². The molecule has 0 saturated carbocycles. The van der Waals surface area contributed by atoms with Gasteiger partial charge in [0.05, 0.1) is 10.5 Å². The van der Waals surface area contributed by atoms with E-state index in [1.807, 2.05) is 13.0 Å². The van der Waals surface area contributed by atoms with Crippen LogP contribution < -0.4 is 10.5 Å². The monoisotopic (exact) mass is 302 g/mol. The van der Waals surface area contributed by atoms with Crippen LogP contribution in [0.3, 0.4) is 0 Å². The lowest BCUT2D eigenvalue weighted by Gasteiger charge is -2.11. The summed E-state index contributed by atoms with van der Waals surface area (Å²) in [4.78, 5) is 4.43. The summed E-state index contributed by atoms with van der Waals surface area (Å²) in [6.45, 7) is 1.87. The molecule has 0 amide bonds. The van der Waals surface area contributed by atoms with E-state index < -0.39 is 5.82 Å². The molecule has 1 heterocycles. The number of aryl methyl sites for hydroxylation is 1. The highest BCUT2D eigenvalue weighted by molar-refractivity contribution is 6.32. The van der Waals surface area contributed by atoms with Crippen molar-refractivity contribution < 1.29 is 9.13 Å². The molecular formula is C16H12ClFN2O. The van der Waals surface area contributed by atoms with Crippen molar-refractivity contribution in [1.29, 1.82) is 0 Å². The fraction of sp³-hybridized carbons (Fsp3) is 0.0625. The lowest BCUT2D eigenvalue weighted by atomic mass is 10.1. The van der Waals surface area contributed by atoms with Crippen LogP contribution in [0.5, 0.6) is 11.5 Å². The summed E-state index contributed by atoms with van der Waals surface area (Å²) in [6.07, 6.45) is 0. The standard InChI is InChI=1S/C16H12ClFN2O/c1-9-6-16(12-8-11(19)3-4-14(12)20-9)21-15-5-2-10(18)7-13(15)17/h2-8H,19H2,1H3. The summed E-state index contributed by atoms with van der Waals surface area (Å²) in [5, 5.41) is 0.988. The van der Waals surface area contributed by atoms with E-state index in [4.69, 9.17) is 22.1 Å². The Kier molecular flexibility index (Phi) is 3.39. The Labute approximate surface area is 126 Å². The molecule has 0 saturated heterocycles. The van der Waals surface area contributed by atoms with Gasteiger partial charge in [-0.05, 0) is 43.3 Å². The third-order valence-corrected chi connectivity index (χ3v) is 3.33. The molecular weight excluding hydrogens is 291 g/mol. The minimum atomic E-state index is -0.410. The van der Waals surface area contributed by atoms with E-state index in [-0.39, 0.29) is 5.02 Å². The normalized spacial score (nSPS) is 10.8. The zero-order chi connectivity index (χ0) is 15.0. The van der Waals surface area contributed by atoms with Gasteiger partial charge in [0, 0.05) is 22.8 Å². The number of halogens is 2. The number of rotatable bonds is 2. The van der Waals surface area contributed by atoms with Gasteiger partial charge in [0.15, 0.2) is 0 Å². The van der Waals surface area contributed by atoms with Crippen molar-refractivity contribution in [3.05, 3.63) is 59.0 Å². The number of nitrogens with zero attached hydrogens (tertiary/aromatic N) is 1. The first-order valence-corrected chi connectivity index (χ1v) is 6.70. The number of fused-ring (bicyclic) bond motifs is 1. The van der Waals surface area contributed by atoms with Crippen molar-refractivity contribution in [2.24, 2.45) is 0 Å². The van der Waals surface area contributed by atoms with Crippen LogP contribution >= 0.6 is 11.6 Å². The third kappa shape index (κ3) is 2.76. The van der Waals surface area contributed by atoms with Gasteiger partial charge in [-0.2, -0.15) is 0 Å². The zero-order valence-corrected chi connectivity index (χ0v) is 12.0. The van der Waals surface area contributed by atoms with Gasteiger partial charge in [-0.3, -0.25) is 4.98 Å². The zero-order valence-electron chi connectivity index (χ0n) is 11.2. The molecule has 0 aliphatic carbocycles. The highest BCUT2D eigenvalue weighted by atomic mass is 35.5. The number of hydrogen-bond donors (Lipinski definition) is 1. The molecule has 3 aromatic rings. The molecule has 0 bridgehead atoms. The molecule has 106 valence electrons. The molecule has 0 fully saturated rings. The van der Waals surface area contributed by atoms with E-state index in [0.717, 1.165) is 16.6 Å². The number of nitrogen functional groups attached to an aromatic ring is 1. The molecule has 0 atom stereocenters. The summed E-state index contributed by atoms with van der Waals surface area (Å²) in [6, 6.07) is 11.2. The van der Waals surface area contributed by atoms with Crippen LogP contribution in [-0.2, 0) is 0 Å². The number of ether oxygens (including phenoxy) is 1. The smallest absolute Gasteiger partial charge is 0.146 e. The van der Waals surface area contributed by atoms with Gasteiger partial charge in [-0.15, -0.1) is 0 Å². The summed E-state index contributed by atoms with van der Waals surface area (Å²) >= 11 is 6.00. The van der Waals surface area contributed by atoms with Crippen LogP contribution in [-0.4, -0.2) is 4.98 Å². The predicted octanol–water partition coefficient (Wildman–Crippen LogP) is 4.71. The second-order valence-corrected chi connectivity index (χ2v) is 5.12. The lowest BCUT2D eigenvalue weighted by Crippen LogP contribution is -1.93. The maximum atomic E-state index is 13.1. The molecule has 0 aliphatic rings. The minimum absolute atomic E-state index is 0.210. The number of anilines is 1. The van der Waals surface area contributed by atoms with E-state index >= 15 is 0 Å². The SMILES string of the molecule is Cc1cc(Oc2ccc(F)cc2Cl)c2cc(N)ccc2n1. The largest absolute Gasteiger partial charge is 0.455 e. The van der Waals surface area contributed by atoms with Crippen LogP contribution in [0.15, 0.2) is 42.5 Å². The number of aromatic nitrogens is 1. The molecule has 3 nitrogen and oxygen atoms in total. The van der Waals surface area contributed by atoms with Crippen LogP contribution in [0.25, 0.3) is 10.9 Å². The van der Waals surface area contributed by atoms with E-state index in [1.54, 1.807) is 18.2 Å². The van der Waals surface area contributed by atoms with Gasteiger partial charge >= 0.3 is 0 Å². The van der Waals surface area contributed by atoms with Crippen LogP contribution in [0.1, 0.15) is 5.69 Å². The highest BCUT2D eigenvalue weighted by Gasteiger charge is 2.10. The summed E-state index contributed by atoms with van der Waals surface area (Å²) in [5.74, 6) is 0.554. The van der Waals surface area contributed by atoms with Crippen molar-refractivity contribution in [3.8, 4) is 11.5 Å². The predicted molar refractivity (Wildman–Crippen MR) is 82.4 cm³/mol. The number of pyridine rings is 1. The molecule has 0 radical (unpaired) electrons. The van der Waals surface area contributed by atoms with Crippen molar-refractivity contribution in [2.45, 2.75) is 6.92 Å². The van der Waals surface area contributed by atoms with Crippen molar-refractivity contribution in [3.63, 3.8) is 0 Å². The maximum Gasteiger partial charge on any atom is 0.146 e. The summed E-state index contributed by atoms with van der Waals surface area (Å²) in [5.41, 5.74) is 8.01. The number of benzene rings is 2. The van der Waals surface area contributed by atoms with Gasteiger partial charge in [0.25, 0.3) is 0 Å². The van der Waals surface area contributed by atoms with Crippen molar-refractivity contribution in [1.82, 2.24) is 4.98 Å². The van der Waals surface area contributed by atoms with Crippen molar-refractivity contribution in [2.75, 3.05) is 5.73 Å². The molecule has 5 heteroatoms. The Morgan fingerprint density at radius 3 is 2.67 bits per heavy atom. The van der Waals surface area contributed by atoms with E-state index in [9.17, 15) is 4.39 Å². The number of nitrogens with two attached hydrogens (primary N) is 1. The van der Waals surface area contributed by atoms with Gasteiger partial charge in [-0.25, -0.2) is 4.39 Å². The summed E-state index contributed by atoms with van der Waals surface area (Å²) in [7, 11) is 0. The number of hydrogen-bond acceptors (Lipinski definition) is 3. The Morgan fingerprint density at radius 2 is 1.90 bits per heavy atom. The first kappa shape index (κ1) is 13.6. The van der Waals surface area contributed by atoms with Crippen LogP contribution in [0.2, 0.25) is 5.02 Å². The summed E-state index contributed by atoms with van der Waals surface area (Å²) < 4.78 is 18.9. The Balaban J connectivity index is 2.13.